The van der Waals surface area contributed by atoms with Gasteiger partial charge in [-0.05, 0) is 33.1 Å². The fraction of sp³-hybridized carbons (Fsp3) is 0.800. The molecule has 2 aliphatic rings. The van der Waals surface area contributed by atoms with E-state index in [0.717, 1.165) is 39.3 Å². The lowest BCUT2D eigenvalue weighted by Gasteiger charge is -2.29. The molecule has 1 heterocycles. The van der Waals surface area contributed by atoms with E-state index in [-0.39, 0.29) is 12.1 Å². The van der Waals surface area contributed by atoms with Crippen molar-refractivity contribution < 1.29 is 14.3 Å². The topological polar surface area (TPSA) is 50.8 Å². The van der Waals surface area contributed by atoms with Crippen LogP contribution in [0.25, 0.3) is 0 Å². The van der Waals surface area contributed by atoms with Crippen molar-refractivity contribution in [2.24, 2.45) is 5.92 Å². The summed E-state index contributed by atoms with van der Waals surface area (Å²) in [7, 11) is 0. The summed E-state index contributed by atoms with van der Waals surface area (Å²) in [5, 5.41) is 2.91. The normalized spacial score (nSPS) is 27.6. The third-order valence-corrected chi connectivity index (χ3v) is 3.47. The molecule has 1 fully saturated rings. The van der Waals surface area contributed by atoms with Crippen LogP contribution in [0.1, 0.15) is 27.2 Å². The van der Waals surface area contributed by atoms with E-state index in [4.69, 9.17) is 9.47 Å². The summed E-state index contributed by atoms with van der Waals surface area (Å²) < 4.78 is 10.6. The molecule has 1 amide bonds. The van der Waals surface area contributed by atoms with Gasteiger partial charge in [0.1, 0.15) is 5.60 Å². The van der Waals surface area contributed by atoms with Crippen LogP contribution in [0.3, 0.4) is 0 Å². The number of rotatable bonds is 3. The van der Waals surface area contributed by atoms with Crippen LogP contribution in [0.5, 0.6) is 0 Å². The zero-order valence-electron chi connectivity index (χ0n) is 12.7. The molecule has 0 aromatic heterocycles. The summed E-state index contributed by atoms with van der Waals surface area (Å²) in [6, 6.07) is 0.0934. The van der Waals surface area contributed by atoms with Crippen molar-refractivity contribution >= 4 is 6.09 Å². The van der Waals surface area contributed by atoms with E-state index < -0.39 is 5.60 Å². The largest absolute Gasteiger partial charge is 0.444 e. The monoisotopic (exact) mass is 282 g/mol. The third kappa shape index (κ3) is 5.13. The summed E-state index contributed by atoms with van der Waals surface area (Å²) in [4.78, 5) is 14.1. The molecule has 0 radical (unpaired) electrons. The Hall–Kier alpha value is -1.07. The predicted octanol–water partition coefficient (Wildman–Crippen LogP) is 1.79. The molecule has 1 aliphatic carbocycles. The summed E-state index contributed by atoms with van der Waals surface area (Å²) in [5.41, 5.74) is -0.445. The molecule has 0 spiro atoms. The maximum Gasteiger partial charge on any atom is 0.408 e. The number of alkyl carbamates (subject to hydrolysis) is 1. The van der Waals surface area contributed by atoms with Gasteiger partial charge >= 0.3 is 6.09 Å². The molecule has 20 heavy (non-hydrogen) atoms. The highest BCUT2D eigenvalue weighted by atomic mass is 16.6. The first-order valence-electron chi connectivity index (χ1n) is 7.40. The third-order valence-electron chi connectivity index (χ3n) is 3.47. The van der Waals surface area contributed by atoms with Crippen LogP contribution in [0, 0.1) is 5.92 Å². The highest BCUT2D eigenvalue weighted by molar-refractivity contribution is 5.68. The average Bonchev–Trinajstić information content (AvgIpc) is 2.75. The van der Waals surface area contributed by atoms with Crippen LogP contribution in [-0.4, -0.2) is 55.5 Å². The van der Waals surface area contributed by atoms with Crippen molar-refractivity contribution in [3.63, 3.8) is 0 Å². The van der Waals surface area contributed by atoms with Gasteiger partial charge in [-0.25, -0.2) is 4.79 Å². The van der Waals surface area contributed by atoms with E-state index in [9.17, 15) is 4.79 Å². The van der Waals surface area contributed by atoms with E-state index in [1.807, 2.05) is 20.8 Å². The van der Waals surface area contributed by atoms with E-state index in [0.29, 0.717) is 5.92 Å². The Kier molecular flexibility index (Phi) is 5.05. The quantitative estimate of drug-likeness (QED) is 0.802. The van der Waals surface area contributed by atoms with Crippen LogP contribution >= 0.6 is 0 Å². The van der Waals surface area contributed by atoms with Crippen molar-refractivity contribution in [2.45, 2.75) is 38.8 Å². The fourth-order valence-electron chi connectivity index (χ4n) is 2.59. The standard InChI is InChI=1S/C15H26N2O3/c1-15(2,3)20-14(18)16-13-5-4-12(10-13)11-17-6-8-19-9-7-17/h4-5,12-13H,6-11H2,1-3H3,(H,16,18). The maximum absolute atomic E-state index is 11.7. The summed E-state index contributed by atoms with van der Waals surface area (Å²) >= 11 is 0. The SMILES string of the molecule is CC(C)(C)OC(=O)NC1C=CC(CN2CCOCC2)C1. The Morgan fingerprint density at radius 3 is 2.70 bits per heavy atom. The molecule has 0 saturated carbocycles. The molecule has 1 aliphatic heterocycles. The summed E-state index contributed by atoms with van der Waals surface area (Å²) in [5.74, 6) is 0.507. The van der Waals surface area contributed by atoms with E-state index >= 15 is 0 Å². The predicted molar refractivity (Wildman–Crippen MR) is 77.7 cm³/mol. The van der Waals surface area contributed by atoms with Gasteiger partial charge in [-0.15, -0.1) is 0 Å². The average molecular weight is 282 g/mol. The van der Waals surface area contributed by atoms with Crippen LogP contribution in [-0.2, 0) is 9.47 Å². The van der Waals surface area contributed by atoms with Gasteiger partial charge in [0.15, 0.2) is 0 Å². The second kappa shape index (κ2) is 6.59. The number of hydrogen-bond donors (Lipinski definition) is 1. The van der Waals surface area contributed by atoms with Crippen LogP contribution in [0.15, 0.2) is 12.2 Å². The van der Waals surface area contributed by atoms with Crippen LogP contribution in [0.4, 0.5) is 4.79 Å². The maximum atomic E-state index is 11.7. The summed E-state index contributed by atoms with van der Waals surface area (Å²) in [6.07, 6.45) is 4.91. The molecule has 2 atom stereocenters. The lowest BCUT2D eigenvalue weighted by molar-refractivity contribution is 0.0329. The zero-order chi connectivity index (χ0) is 14.6. The second-order valence-corrected chi connectivity index (χ2v) is 6.55. The number of nitrogens with zero attached hydrogens (tertiary/aromatic N) is 1. The van der Waals surface area contributed by atoms with Crippen LogP contribution in [0.2, 0.25) is 0 Å². The van der Waals surface area contributed by atoms with Crippen molar-refractivity contribution in [2.75, 3.05) is 32.8 Å². The number of nitrogens with one attached hydrogen (secondary N) is 1. The molecule has 1 saturated heterocycles. The summed E-state index contributed by atoms with van der Waals surface area (Å²) in [6.45, 7) is 10.3. The van der Waals surface area contributed by atoms with Crippen molar-refractivity contribution in [1.82, 2.24) is 10.2 Å². The van der Waals surface area contributed by atoms with E-state index in [2.05, 4.69) is 22.4 Å². The Labute approximate surface area is 121 Å². The van der Waals surface area contributed by atoms with Gasteiger partial charge in [0.2, 0.25) is 0 Å². The molecular weight excluding hydrogens is 256 g/mol. The Balaban J connectivity index is 1.70. The molecule has 5 nitrogen and oxygen atoms in total. The van der Waals surface area contributed by atoms with Gasteiger partial charge in [0, 0.05) is 19.6 Å². The fourth-order valence-corrected chi connectivity index (χ4v) is 2.59. The number of carbonyl (C=O) groups is 1. The zero-order valence-corrected chi connectivity index (χ0v) is 12.7. The minimum atomic E-state index is -0.445. The smallest absolute Gasteiger partial charge is 0.408 e. The Morgan fingerprint density at radius 1 is 1.35 bits per heavy atom. The van der Waals surface area contributed by atoms with Crippen LogP contribution < -0.4 is 5.32 Å². The minimum absolute atomic E-state index is 0.0934. The van der Waals surface area contributed by atoms with E-state index in [1.54, 1.807) is 0 Å². The molecule has 0 aromatic rings. The lowest BCUT2D eigenvalue weighted by atomic mass is 10.1. The Morgan fingerprint density at radius 2 is 2.05 bits per heavy atom. The lowest BCUT2D eigenvalue weighted by Crippen LogP contribution is -2.40. The molecule has 0 aromatic carbocycles. The van der Waals surface area contributed by atoms with Gasteiger partial charge in [-0.2, -0.15) is 0 Å². The number of ether oxygens (including phenoxy) is 2. The van der Waals surface area contributed by atoms with Gasteiger partial charge in [0.05, 0.1) is 19.3 Å². The second-order valence-electron chi connectivity index (χ2n) is 6.55. The van der Waals surface area contributed by atoms with Gasteiger partial charge in [-0.1, -0.05) is 12.2 Å². The van der Waals surface area contributed by atoms with E-state index in [1.165, 1.54) is 0 Å². The van der Waals surface area contributed by atoms with Gasteiger partial charge in [0.25, 0.3) is 0 Å². The number of hydrogen-bond acceptors (Lipinski definition) is 4. The van der Waals surface area contributed by atoms with Crippen molar-refractivity contribution in [1.29, 1.82) is 0 Å². The molecular formula is C15H26N2O3. The Bertz CT molecular complexity index is 357. The first kappa shape index (κ1) is 15.3. The highest BCUT2D eigenvalue weighted by Gasteiger charge is 2.25. The molecule has 2 unspecified atom stereocenters. The van der Waals surface area contributed by atoms with Gasteiger partial charge < -0.3 is 14.8 Å². The molecule has 2 rings (SSSR count). The first-order chi connectivity index (χ1) is 9.42. The molecule has 114 valence electrons. The number of morpholine rings is 1. The molecule has 5 heteroatoms. The highest BCUT2D eigenvalue weighted by Crippen LogP contribution is 2.20. The molecule has 1 N–H and O–H groups in total. The molecule has 0 bridgehead atoms. The van der Waals surface area contributed by atoms with Crippen molar-refractivity contribution in [3.05, 3.63) is 12.2 Å². The van der Waals surface area contributed by atoms with Crippen molar-refractivity contribution in [3.8, 4) is 0 Å². The van der Waals surface area contributed by atoms with Gasteiger partial charge in [-0.3, -0.25) is 4.90 Å². The minimum Gasteiger partial charge on any atom is -0.444 e. The number of carbonyl (C=O) groups excluding carboxylic acids is 1. The number of amides is 1. The first-order valence-corrected chi connectivity index (χ1v) is 7.40.